The van der Waals surface area contributed by atoms with Gasteiger partial charge in [0, 0.05) is 5.69 Å². The molecule has 0 fully saturated rings. The minimum absolute atomic E-state index is 0.170. The van der Waals surface area contributed by atoms with Gasteiger partial charge in [0.15, 0.2) is 0 Å². The molecule has 0 saturated heterocycles. The van der Waals surface area contributed by atoms with Crippen LogP contribution in [0.2, 0.25) is 0 Å². The number of aromatic carboxylic acids is 1. The highest BCUT2D eigenvalue weighted by molar-refractivity contribution is 7.92. The third kappa shape index (κ3) is 3.36. The summed E-state index contributed by atoms with van der Waals surface area (Å²) in [5.41, 5.74) is 1.74. The second kappa shape index (κ2) is 5.34. The van der Waals surface area contributed by atoms with Crippen molar-refractivity contribution in [2.75, 3.05) is 11.0 Å². The third-order valence-electron chi connectivity index (χ3n) is 2.63. The summed E-state index contributed by atoms with van der Waals surface area (Å²) in [5.74, 6) is -1.03. The van der Waals surface area contributed by atoms with Gasteiger partial charge < -0.3 is 5.11 Å². The summed E-state index contributed by atoms with van der Waals surface area (Å²) >= 11 is 0. The average molecular weight is 291 g/mol. The Morgan fingerprint density at radius 1 is 1.10 bits per heavy atom. The Bertz CT molecular complexity index is 753. The molecular weight excluding hydrogens is 278 g/mol. The molecule has 0 aliphatic heterocycles. The number of carboxylic acid groups (broad SMARTS) is 1. The van der Waals surface area contributed by atoms with Crippen molar-refractivity contribution in [3.63, 3.8) is 0 Å². The number of nitrogens with one attached hydrogen (secondary N) is 1. The molecular formula is C14H13NO4S. The molecule has 0 aromatic heterocycles. The number of rotatable bonds is 4. The van der Waals surface area contributed by atoms with Crippen molar-refractivity contribution >= 4 is 21.7 Å². The lowest BCUT2D eigenvalue weighted by molar-refractivity contribution is 0.0697. The average Bonchev–Trinajstić information content (AvgIpc) is 2.37. The molecule has 0 aliphatic rings. The number of hydrogen-bond donors (Lipinski definition) is 2. The van der Waals surface area contributed by atoms with Crippen molar-refractivity contribution in [2.45, 2.75) is 0 Å². The van der Waals surface area contributed by atoms with Gasteiger partial charge in [-0.25, -0.2) is 13.2 Å². The van der Waals surface area contributed by atoms with Gasteiger partial charge >= 0.3 is 5.97 Å². The topological polar surface area (TPSA) is 83.5 Å². The predicted octanol–water partition coefficient (Wildman–Crippen LogP) is 2.42. The summed E-state index contributed by atoms with van der Waals surface area (Å²) in [6, 6.07) is 13.2. The summed E-state index contributed by atoms with van der Waals surface area (Å²) in [4.78, 5) is 11.2. The van der Waals surface area contributed by atoms with Gasteiger partial charge in [0.25, 0.3) is 0 Å². The Kier molecular flexibility index (Phi) is 3.76. The molecule has 0 saturated carbocycles. The zero-order valence-corrected chi connectivity index (χ0v) is 11.5. The van der Waals surface area contributed by atoms with E-state index in [2.05, 4.69) is 4.72 Å². The molecule has 2 rings (SSSR count). The van der Waals surface area contributed by atoms with E-state index >= 15 is 0 Å². The molecule has 0 spiro atoms. The Morgan fingerprint density at radius 3 is 2.45 bits per heavy atom. The van der Waals surface area contributed by atoms with Gasteiger partial charge in [-0.1, -0.05) is 30.3 Å². The molecule has 0 amide bonds. The van der Waals surface area contributed by atoms with Crippen LogP contribution in [0.1, 0.15) is 10.4 Å². The zero-order chi connectivity index (χ0) is 14.8. The van der Waals surface area contributed by atoms with Gasteiger partial charge in [-0.15, -0.1) is 0 Å². The molecule has 0 atom stereocenters. The normalized spacial score (nSPS) is 11.1. The van der Waals surface area contributed by atoms with E-state index in [1.165, 1.54) is 6.07 Å². The van der Waals surface area contributed by atoms with Gasteiger partial charge in [0.2, 0.25) is 10.0 Å². The monoisotopic (exact) mass is 291 g/mol. The molecule has 0 heterocycles. The highest BCUT2D eigenvalue weighted by Gasteiger charge is 2.11. The van der Waals surface area contributed by atoms with E-state index in [4.69, 9.17) is 0 Å². The number of carbonyl (C=O) groups is 1. The van der Waals surface area contributed by atoms with E-state index in [0.29, 0.717) is 16.8 Å². The van der Waals surface area contributed by atoms with Crippen LogP contribution >= 0.6 is 0 Å². The summed E-state index contributed by atoms with van der Waals surface area (Å²) < 4.78 is 24.8. The van der Waals surface area contributed by atoms with E-state index in [9.17, 15) is 18.3 Å². The first-order chi connectivity index (χ1) is 9.37. The smallest absolute Gasteiger partial charge is 0.336 e. The first-order valence-electron chi connectivity index (χ1n) is 5.77. The summed E-state index contributed by atoms with van der Waals surface area (Å²) in [7, 11) is -3.37. The first-order valence-corrected chi connectivity index (χ1v) is 7.66. The molecule has 0 unspecified atom stereocenters. The fourth-order valence-electron chi connectivity index (χ4n) is 1.89. The molecule has 2 aromatic rings. The van der Waals surface area contributed by atoms with E-state index in [-0.39, 0.29) is 5.56 Å². The maximum absolute atomic E-state index is 11.2. The molecule has 6 heteroatoms. The lowest BCUT2D eigenvalue weighted by Crippen LogP contribution is -2.09. The number of hydrogen-bond acceptors (Lipinski definition) is 3. The van der Waals surface area contributed by atoms with Gasteiger partial charge in [-0.05, 0) is 29.3 Å². The Labute approximate surface area is 116 Å². The third-order valence-corrected chi connectivity index (χ3v) is 3.24. The van der Waals surface area contributed by atoms with Crippen molar-refractivity contribution in [2.24, 2.45) is 0 Å². The van der Waals surface area contributed by atoms with Crippen LogP contribution in [0.5, 0.6) is 0 Å². The first kappa shape index (κ1) is 14.1. The summed E-state index contributed by atoms with van der Waals surface area (Å²) in [5, 5.41) is 9.17. The second-order valence-electron chi connectivity index (χ2n) is 4.31. The lowest BCUT2D eigenvalue weighted by atomic mass is 9.99. The number of benzene rings is 2. The Morgan fingerprint density at radius 2 is 1.80 bits per heavy atom. The van der Waals surface area contributed by atoms with Crippen molar-refractivity contribution < 1.29 is 18.3 Å². The van der Waals surface area contributed by atoms with Crippen LogP contribution < -0.4 is 4.72 Å². The lowest BCUT2D eigenvalue weighted by Gasteiger charge is -2.09. The highest BCUT2D eigenvalue weighted by atomic mass is 32.2. The molecule has 0 aliphatic carbocycles. The molecule has 5 nitrogen and oxygen atoms in total. The Hall–Kier alpha value is -2.34. The number of anilines is 1. The summed E-state index contributed by atoms with van der Waals surface area (Å²) in [6.45, 7) is 0. The molecule has 0 bridgehead atoms. The van der Waals surface area contributed by atoms with Crippen LogP contribution in [0.3, 0.4) is 0 Å². The van der Waals surface area contributed by atoms with Crippen LogP contribution in [0, 0.1) is 0 Å². The zero-order valence-electron chi connectivity index (χ0n) is 10.7. The SMILES string of the molecule is CS(=O)(=O)Nc1cccc(-c2ccccc2C(=O)O)c1. The van der Waals surface area contributed by atoms with Gasteiger partial charge in [0.05, 0.1) is 11.8 Å². The van der Waals surface area contributed by atoms with Crippen LogP contribution in [0.4, 0.5) is 5.69 Å². The number of sulfonamides is 1. The van der Waals surface area contributed by atoms with Crippen molar-refractivity contribution in [1.29, 1.82) is 0 Å². The van der Waals surface area contributed by atoms with E-state index < -0.39 is 16.0 Å². The number of carboxylic acids is 1. The van der Waals surface area contributed by atoms with Crippen LogP contribution in [0.25, 0.3) is 11.1 Å². The predicted molar refractivity (Wildman–Crippen MR) is 77.3 cm³/mol. The minimum atomic E-state index is -3.37. The second-order valence-corrected chi connectivity index (χ2v) is 6.05. The molecule has 20 heavy (non-hydrogen) atoms. The molecule has 2 aromatic carbocycles. The highest BCUT2D eigenvalue weighted by Crippen LogP contribution is 2.26. The van der Waals surface area contributed by atoms with Gasteiger partial charge in [0.1, 0.15) is 0 Å². The quantitative estimate of drug-likeness (QED) is 0.906. The van der Waals surface area contributed by atoms with Crippen LogP contribution in [-0.4, -0.2) is 25.7 Å². The van der Waals surface area contributed by atoms with Crippen molar-refractivity contribution in [3.05, 3.63) is 54.1 Å². The largest absolute Gasteiger partial charge is 0.478 e. The van der Waals surface area contributed by atoms with Crippen LogP contribution in [-0.2, 0) is 10.0 Å². The maximum Gasteiger partial charge on any atom is 0.336 e. The van der Waals surface area contributed by atoms with E-state index in [1.54, 1.807) is 42.5 Å². The standard InChI is InChI=1S/C14H13NO4S/c1-20(18,19)15-11-6-4-5-10(9-11)12-7-2-3-8-13(12)14(16)17/h2-9,15H,1H3,(H,16,17). The van der Waals surface area contributed by atoms with Gasteiger partial charge in [-0.3, -0.25) is 4.72 Å². The van der Waals surface area contributed by atoms with Crippen LogP contribution in [0.15, 0.2) is 48.5 Å². The molecule has 0 radical (unpaired) electrons. The van der Waals surface area contributed by atoms with E-state index in [0.717, 1.165) is 6.26 Å². The van der Waals surface area contributed by atoms with Crippen molar-refractivity contribution in [1.82, 2.24) is 0 Å². The summed E-state index contributed by atoms with van der Waals surface area (Å²) in [6.07, 6.45) is 1.06. The molecule has 104 valence electrons. The van der Waals surface area contributed by atoms with E-state index in [1.807, 2.05) is 0 Å². The minimum Gasteiger partial charge on any atom is -0.478 e. The fraction of sp³-hybridized carbons (Fsp3) is 0.0714. The molecule has 2 N–H and O–H groups in total. The maximum atomic E-state index is 11.2. The fourth-order valence-corrected chi connectivity index (χ4v) is 2.44. The Balaban J connectivity index is 2.49. The van der Waals surface area contributed by atoms with Gasteiger partial charge in [-0.2, -0.15) is 0 Å². The van der Waals surface area contributed by atoms with Crippen molar-refractivity contribution in [3.8, 4) is 11.1 Å².